The number of aromatic amines is 1. The van der Waals surface area contributed by atoms with E-state index in [-0.39, 0.29) is 5.91 Å². The molecular formula is C11H9Cl2N3O. The topological polar surface area (TPSA) is 57.8 Å². The zero-order valence-electron chi connectivity index (χ0n) is 8.92. The Morgan fingerprint density at radius 2 is 2.18 bits per heavy atom. The number of carbonyl (C=O) groups excluding carboxylic acids is 1. The third-order valence-corrected chi connectivity index (χ3v) is 2.79. The van der Waals surface area contributed by atoms with Crippen LogP contribution >= 0.6 is 23.2 Å². The molecule has 4 nitrogen and oxygen atoms in total. The van der Waals surface area contributed by atoms with E-state index in [2.05, 4.69) is 15.5 Å². The molecule has 0 unspecified atom stereocenters. The Kier molecular flexibility index (Phi) is 3.36. The van der Waals surface area contributed by atoms with Gasteiger partial charge in [0.15, 0.2) is 0 Å². The van der Waals surface area contributed by atoms with Gasteiger partial charge in [0.2, 0.25) is 0 Å². The molecule has 88 valence electrons. The van der Waals surface area contributed by atoms with E-state index in [0.29, 0.717) is 21.4 Å². The van der Waals surface area contributed by atoms with Gasteiger partial charge in [0.25, 0.3) is 5.91 Å². The van der Waals surface area contributed by atoms with E-state index in [4.69, 9.17) is 23.2 Å². The fourth-order valence-electron chi connectivity index (χ4n) is 1.33. The molecule has 0 aliphatic heterocycles. The molecule has 0 radical (unpaired) electrons. The van der Waals surface area contributed by atoms with Gasteiger partial charge < -0.3 is 5.32 Å². The number of carbonyl (C=O) groups is 1. The lowest BCUT2D eigenvalue weighted by molar-refractivity contribution is 0.102. The summed E-state index contributed by atoms with van der Waals surface area (Å²) < 4.78 is 0. The fourth-order valence-corrected chi connectivity index (χ4v) is 1.82. The van der Waals surface area contributed by atoms with Crippen molar-refractivity contribution >= 4 is 34.9 Å². The van der Waals surface area contributed by atoms with Crippen LogP contribution in [0.25, 0.3) is 0 Å². The van der Waals surface area contributed by atoms with Crippen molar-refractivity contribution in [2.75, 3.05) is 5.32 Å². The van der Waals surface area contributed by atoms with Crippen LogP contribution in [0.15, 0.2) is 24.4 Å². The van der Waals surface area contributed by atoms with Gasteiger partial charge >= 0.3 is 0 Å². The maximum atomic E-state index is 11.9. The predicted molar refractivity (Wildman–Crippen MR) is 67.7 cm³/mol. The fraction of sp³-hybridized carbons (Fsp3) is 0.0909. The number of H-pyrrole nitrogens is 1. The number of hydrogen-bond donors (Lipinski definition) is 2. The Labute approximate surface area is 108 Å². The Hall–Kier alpha value is -1.52. The van der Waals surface area contributed by atoms with Crippen molar-refractivity contribution in [1.82, 2.24) is 10.2 Å². The lowest BCUT2D eigenvalue weighted by atomic mass is 10.2. The largest absolute Gasteiger partial charge is 0.307 e. The second-order valence-electron chi connectivity index (χ2n) is 3.51. The molecule has 2 rings (SSSR count). The predicted octanol–water partition coefficient (Wildman–Crippen LogP) is 3.28. The second-order valence-corrected chi connectivity index (χ2v) is 4.35. The highest BCUT2D eigenvalue weighted by molar-refractivity contribution is 6.37. The maximum Gasteiger partial charge on any atom is 0.258 e. The number of rotatable bonds is 2. The van der Waals surface area contributed by atoms with Crippen LogP contribution in [0, 0.1) is 6.92 Å². The standard InChI is InChI=1S/C11H9Cl2N3O/c1-6-5-14-16-10(6)15-11(17)8-3-2-7(12)4-9(8)13/h2-5H,1H3,(H2,14,15,16,17). The molecule has 0 aliphatic rings. The molecule has 17 heavy (non-hydrogen) atoms. The Morgan fingerprint density at radius 1 is 1.41 bits per heavy atom. The number of hydrogen-bond acceptors (Lipinski definition) is 2. The monoisotopic (exact) mass is 269 g/mol. The minimum absolute atomic E-state index is 0.306. The van der Waals surface area contributed by atoms with E-state index in [1.165, 1.54) is 6.07 Å². The van der Waals surface area contributed by atoms with E-state index >= 15 is 0 Å². The summed E-state index contributed by atoms with van der Waals surface area (Å²) in [6.07, 6.45) is 1.62. The maximum absolute atomic E-state index is 11.9. The zero-order chi connectivity index (χ0) is 12.4. The van der Waals surface area contributed by atoms with Crippen molar-refractivity contribution in [3.8, 4) is 0 Å². The third kappa shape index (κ3) is 2.60. The number of anilines is 1. The van der Waals surface area contributed by atoms with Crippen molar-refractivity contribution in [1.29, 1.82) is 0 Å². The Morgan fingerprint density at radius 3 is 2.76 bits per heavy atom. The van der Waals surface area contributed by atoms with E-state index in [9.17, 15) is 4.79 Å². The van der Waals surface area contributed by atoms with Crippen LogP contribution in [0.3, 0.4) is 0 Å². The van der Waals surface area contributed by atoms with Crippen molar-refractivity contribution in [3.63, 3.8) is 0 Å². The number of nitrogens with zero attached hydrogens (tertiary/aromatic N) is 1. The van der Waals surface area contributed by atoms with Gasteiger partial charge in [0, 0.05) is 10.6 Å². The highest BCUT2D eigenvalue weighted by atomic mass is 35.5. The molecule has 0 spiro atoms. The van der Waals surface area contributed by atoms with Gasteiger partial charge in [-0.2, -0.15) is 5.10 Å². The lowest BCUT2D eigenvalue weighted by Gasteiger charge is -2.05. The second kappa shape index (κ2) is 4.77. The Bertz CT molecular complexity index is 566. The average molecular weight is 270 g/mol. The minimum atomic E-state index is -0.306. The summed E-state index contributed by atoms with van der Waals surface area (Å²) in [6, 6.07) is 4.71. The Balaban J connectivity index is 2.23. The first-order chi connectivity index (χ1) is 8.08. The lowest BCUT2D eigenvalue weighted by Crippen LogP contribution is -2.13. The summed E-state index contributed by atoms with van der Waals surface area (Å²) in [6.45, 7) is 1.84. The first-order valence-electron chi connectivity index (χ1n) is 4.84. The van der Waals surface area contributed by atoms with Crippen LogP contribution in [0.1, 0.15) is 15.9 Å². The summed E-state index contributed by atoms with van der Waals surface area (Å²) in [5.41, 5.74) is 1.22. The molecule has 0 saturated carbocycles. The minimum Gasteiger partial charge on any atom is -0.307 e. The van der Waals surface area contributed by atoms with Crippen molar-refractivity contribution in [3.05, 3.63) is 45.6 Å². The van der Waals surface area contributed by atoms with Crippen LogP contribution in [-0.2, 0) is 0 Å². The molecule has 0 atom stereocenters. The zero-order valence-corrected chi connectivity index (χ0v) is 10.4. The first kappa shape index (κ1) is 12.0. The van der Waals surface area contributed by atoms with Crippen LogP contribution in [0.5, 0.6) is 0 Å². The van der Waals surface area contributed by atoms with Gasteiger partial charge in [0.05, 0.1) is 16.8 Å². The van der Waals surface area contributed by atoms with Gasteiger partial charge in [-0.15, -0.1) is 0 Å². The quantitative estimate of drug-likeness (QED) is 0.879. The molecule has 0 bridgehead atoms. The smallest absolute Gasteiger partial charge is 0.258 e. The van der Waals surface area contributed by atoms with Gasteiger partial charge in [-0.3, -0.25) is 9.89 Å². The van der Waals surface area contributed by atoms with Crippen LogP contribution in [0.4, 0.5) is 5.82 Å². The van der Waals surface area contributed by atoms with E-state index < -0.39 is 0 Å². The third-order valence-electron chi connectivity index (χ3n) is 2.24. The highest BCUT2D eigenvalue weighted by Crippen LogP contribution is 2.22. The molecule has 1 heterocycles. The normalized spacial score (nSPS) is 10.3. The molecule has 0 saturated heterocycles. The molecule has 1 aromatic carbocycles. The van der Waals surface area contributed by atoms with Crippen LogP contribution < -0.4 is 5.32 Å². The molecule has 2 aromatic rings. The van der Waals surface area contributed by atoms with Crippen molar-refractivity contribution in [2.45, 2.75) is 6.92 Å². The summed E-state index contributed by atoms with van der Waals surface area (Å²) in [7, 11) is 0. The summed E-state index contributed by atoms with van der Waals surface area (Å²) in [5.74, 6) is 0.250. The van der Waals surface area contributed by atoms with Crippen LogP contribution in [-0.4, -0.2) is 16.1 Å². The molecule has 0 fully saturated rings. The number of nitrogens with one attached hydrogen (secondary N) is 2. The molecule has 1 aromatic heterocycles. The number of amides is 1. The summed E-state index contributed by atoms with van der Waals surface area (Å²) in [4.78, 5) is 11.9. The molecular weight excluding hydrogens is 261 g/mol. The molecule has 1 amide bonds. The number of halogens is 2. The average Bonchev–Trinajstić information content (AvgIpc) is 2.64. The summed E-state index contributed by atoms with van der Waals surface area (Å²) in [5, 5.41) is 9.98. The van der Waals surface area contributed by atoms with Gasteiger partial charge in [-0.05, 0) is 25.1 Å². The van der Waals surface area contributed by atoms with E-state index in [1.807, 2.05) is 6.92 Å². The summed E-state index contributed by atoms with van der Waals surface area (Å²) >= 11 is 11.7. The number of aryl methyl sites for hydroxylation is 1. The highest BCUT2D eigenvalue weighted by Gasteiger charge is 2.12. The van der Waals surface area contributed by atoms with Gasteiger partial charge in [-0.25, -0.2) is 0 Å². The first-order valence-corrected chi connectivity index (χ1v) is 5.60. The molecule has 0 aliphatic carbocycles. The van der Waals surface area contributed by atoms with Crippen LogP contribution in [0.2, 0.25) is 10.0 Å². The molecule has 6 heteroatoms. The van der Waals surface area contributed by atoms with E-state index in [0.717, 1.165) is 5.56 Å². The van der Waals surface area contributed by atoms with Gasteiger partial charge in [-0.1, -0.05) is 23.2 Å². The van der Waals surface area contributed by atoms with Crippen molar-refractivity contribution < 1.29 is 4.79 Å². The van der Waals surface area contributed by atoms with Gasteiger partial charge in [0.1, 0.15) is 5.82 Å². The molecule has 2 N–H and O–H groups in total. The van der Waals surface area contributed by atoms with Crippen molar-refractivity contribution in [2.24, 2.45) is 0 Å². The number of aromatic nitrogens is 2. The SMILES string of the molecule is Cc1cn[nH]c1NC(=O)c1ccc(Cl)cc1Cl. The number of benzene rings is 1. The van der Waals surface area contributed by atoms with E-state index in [1.54, 1.807) is 18.3 Å².